The summed E-state index contributed by atoms with van der Waals surface area (Å²) in [5.74, 6) is 0. The Kier molecular flexibility index (Phi) is 3.10. The summed E-state index contributed by atoms with van der Waals surface area (Å²) in [5, 5.41) is 0. The molecular weight excluding hydrogens is 182 g/mol. The van der Waals surface area contributed by atoms with Crippen LogP contribution in [0.2, 0.25) is 0 Å². The van der Waals surface area contributed by atoms with Crippen molar-refractivity contribution in [2.24, 2.45) is 0 Å². The van der Waals surface area contributed by atoms with Gasteiger partial charge in [-0.1, -0.05) is 43.7 Å². The standard InChI is InChI=1S/C14H19N/c1-3-4-5-10-14-13-9-7-6-8-12(13)11-15(14)2/h6-10H,3-5,11H2,1-2H3/b14-10-. The first-order valence-corrected chi connectivity index (χ1v) is 5.82. The molecule has 0 bridgehead atoms. The molecule has 0 amide bonds. The van der Waals surface area contributed by atoms with E-state index < -0.39 is 0 Å². The van der Waals surface area contributed by atoms with E-state index in [0.29, 0.717) is 0 Å². The average molecular weight is 201 g/mol. The third-order valence-electron chi connectivity index (χ3n) is 3.01. The molecule has 0 unspecified atom stereocenters. The van der Waals surface area contributed by atoms with Crippen LogP contribution in [0.15, 0.2) is 30.3 Å². The molecule has 1 heterocycles. The lowest BCUT2D eigenvalue weighted by molar-refractivity contribution is 0.498. The molecule has 0 radical (unpaired) electrons. The fourth-order valence-electron chi connectivity index (χ4n) is 2.16. The van der Waals surface area contributed by atoms with Crippen LogP contribution in [0.25, 0.3) is 5.70 Å². The van der Waals surface area contributed by atoms with E-state index in [1.54, 1.807) is 0 Å². The molecule has 2 rings (SSSR count). The molecule has 1 aliphatic heterocycles. The number of nitrogens with zero attached hydrogens (tertiary/aromatic N) is 1. The van der Waals surface area contributed by atoms with E-state index in [9.17, 15) is 0 Å². The lowest BCUT2D eigenvalue weighted by Crippen LogP contribution is -2.07. The van der Waals surface area contributed by atoms with E-state index >= 15 is 0 Å². The molecule has 0 N–H and O–H groups in total. The van der Waals surface area contributed by atoms with Crippen molar-refractivity contribution in [3.63, 3.8) is 0 Å². The largest absolute Gasteiger partial charge is 0.370 e. The fraction of sp³-hybridized carbons (Fsp3) is 0.429. The molecule has 0 fully saturated rings. The monoisotopic (exact) mass is 201 g/mol. The van der Waals surface area contributed by atoms with Crippen molar-refractivity contribution in [1.29, 1.82) is 0 Å². The van der Waals surface area contributed by atoms with Gasteiger partial charge in [0.05, 0.1) is 0 Å². The number of benzene rings is 1. The molecule has 0 saturated carbocycles. The van der Waals surface area contributed by atoms with Crippen molar-refractivity contribution >= 4 is 5.70 Å². The van der Waals surface area contributed by atoms with Gasteiger partial charge in [0.15, 0.2) is 0 Å². The summed E-state index contributed by atoms with van der Waals surface area (Å²) in [4.78, 5) is 2.35. The Labute approximate surface area is 92.4 Å². The topological polar surface area (TPSA) is 3.24 Å². The molecule has 0 spiro atoms. The van der Waals surface area contributed by atoms with E-state index in [4.69, 9.17) is 0 Å². The highest BCUT2D eigenvalue weighted by Crippen LogP contribution is 2.31. The van der Waals surface area contributed by atoms with Gasteiger partial charge in [-0.2, -0.15) is 0 Å². The summed E-state index contributed by atoms with van der Waals surface area (Å²) >= 11 is 0. The van der Waals surface area contributed by atoms with Gasteiger partial charge in [-0.25, -0.2) is 0 Å². The lowest BCUT2D eigenvalue weighted by atomic mass is 10.1. The van der Waals surface area contributed by atoms with Crippen LogP contribution in [0, 0.1) is 0 Å². The number of unbranched alkanes of at least 4 members (excludes halogenated alkanes) is 2. The quantitative estimate of drug-likeness (QED) is 0.674. The highest BCUT2D eigenvalue weighted by molar-refractivity contribution is 5.70. The summed E-state index contributed by atoms with van der Waals surface area (Å²) in [5.41, 5.74) is 4.30. The van der Waals surface area contributed by atoms with Gasteiger partial charge < -0.3 is 4.90 Å². The van der Waals surface area contributed by atoms with E-state index in [0.717, 1.165) is 6.54 Å². The Morgan fingerprint density at radius 1 is 1.33 bits per heavy atom. The van der Waals surface area contributed by atoms with Crippen molar-refractivity contribution in [3.05, 3.63) is 41.5 Å². The molecule has 1 aromatic rings. The van der Waals surface area contributed by atoms with Crippen LogP contribution < -0.4 is 0 Å². The molecule has 1 nitrogen and oxygen atoms in total. The minimum absolute atomic E-state index is 1.06. The minimum atomic E-state index is 1.06. The third-order valence-corrected chi connectivity index (χ3v) is 3.01. The zero-order valence-electron chi connectivity index (χ0n) is 9.66. The number of allylic oxidation sites excluding steroid dienone is 1. The number of fused-ring (bicyclic) bond motifs is 1. The van der Waals surface area contributed by atoms with Crippen LogP contribution in [0.1, 0.15) is 37.3 Å². The zero-order chi connectivity index (χ0) is 10.7. The number of rotatable bonds is 3. The molecule has 1 heteroatoms. The van der Waals surface area contributed by atoms with Crippen LogP contribution >= 0.6 is 0 Å². The van der Waals surface area contributed by atoms with Crippen molar-refractivity contribution in [3.8, 4) is 0 Å². The first-order chi connectivity index (χ1) is 7.33. The van der Waals surface area contributed by atoms with Gasteiger partial charge in [0.2, 0.25) is 0 Å². The van der Waals surface area contributed by atoms with E-state index in [2.05, 4.69) is 49.2 Å². The average Bonchev–Trinajstić information content (AvgIpc) is 2.56. The van der Waals surface area contributed by atoms with E-state index in [1.807, 2.05) is 0 Å². The van der Waals surface area contributed by atoms with Gasteiger partial charge in [-0.3, -0.25) is 0 Å². The van der Waals surface area contributed by atoms with Crippen molar-refractivity contribution in [2.45, 2.75) is 32.7 Å². The minimum Gasteiger partial charge on any atom is -0.370 e. The van der Waals surface area contributed by atoms with Crippen LogP contribution in [-0.2, 0) is 6.54 Å². The smallest absolute Gasteiger partial charge is 0.0433 e. The van der Waals surface area contributed by atoms with Crippen molar-refractivity contribution in [2.75, 3.05) is 7.05 Å². The number of hydrogen-bond donors (Lipinski definition) is 0. The first kappa shape index (κ1) is 10.3. The zero-order valence-corrected chi connectivity index (χ0v) is 9.66. The normalized spacial score (nSPS) is 17.2. The summed E-state index contributed by atoms with van der Waals surface area (Å²) in [6, 6.07) is 8.72. The maximum atomic E-state index is 2.38. The van der Waals surface area contributed by atoms with Gasteiger partial charge in [0.1, 0.15) is 0 Å². The lowest BCUT2D eigenvalue weighted by Gasteiger charge is -2.12. The molecule has 0 aliphatic carbocycles. The van der Waals surface area contributed by atoms with Crippen molar-refractivity contribution < 1.29 is 0 Å². The first-order valence-electron chi connectivity index (χ1n) is 5.82. The predicted octanol–water partition coefficient (Wildman–Crippen LogP) is 3.66. The van der Waals surface area contributed by atoms with Gasteiger partial charge in [-0.15, -0.1) is 0 Å². The Morgan fingerprint density at radius 3 is 2.93 bits per heavy atom. The maximum absolute atomic E-state index is 2.38. The van der Waals surface area contributed by atoms with Gasteiger partial charge in [-0.05, 0) is 18.4 Å². The molecule has 0 aromatic heterocycles. The Bertz CT molecular complexity index is 365. The molecule has 0 saturated heterocycles. The molecule has 1 aromatic carbocycles. The predicted molar refractivity (Wildman–Crippen MR) is 65.4 cm³/mol. The molecule has 0 atom stereocenters. The number of hydrogen-bond acceptors (Lipinski definition) is 1. The van der Waals surface area contributed by atoms with Crippen molar-refractivity contribution in [1.82, 2.24) is 4.90 Å². The van der Waals surface area contributed by atoms with Crippen LogP contribution in [0.4, 0.5) is 0 Å². The van der Waals surface area contributed by atoms with E-state index in [1.165, 1.54) is 36.1 Å². The van der Waals surface area contributed by atoms with Gasteiger partial charge in [0.25, 0.3) is 0 Å². The molecule has 15 heavy (non-hydrogen) atoms. The van der Waals surface area contributed by atoms with Crippen LogP contribution in [-0.4, -0.2) is 11.9 Å². The van der Waals surface area contributed by atoms with Crippen LogP contribution in [0.3, 0.4) is 0 Å². The molecule has 80 valence electrons. The fourth-order valence-corrected chi connectivity index (χ4v) is 2.16. The Hall–Kier alpha value is -1.24. The SMILES string of the molecule is CCCC/C=C1/c2ccccc2CN1C. The summed E-state index contributed by atoms with van der Waals surface area (Å²) < 4.78 is 0. The van der Waals surface area contributed by atoms with E-state index in [-0.39, 0.29) is 0 Å². The maximum Gasteiger partial charge on any atom is 0.0433 e. The Morgan fingerprint density at radius 2 is 2.13 bits per heavy atom. The molecular formula is C14H19N. The summed E-state index contributed by atoms with van der Waals surface area (Å²) in [6.07, 6.45) is 6.15. The highest BCUT2D eigenvalue weighted by Gasteiger charge is 2.19. The Balaban J connectivity index is 2.22. The highest BCUT2D eigenvalue weighted by atomic mass is 15.1. The second-order valence-electron chi connectivity index (χ2n) is 4.24. The summed E-state index contributed by atoms with van der Waals surface area (Å²) in [7, 11) is 2.18. The van der Waals surface area contributed by atoms with Crippen LogP contribution in [0.5, 0.6) is 0 Å². The molecule has 1 aliphatic rings. The van der Waals surface area contributed by atoms with Gasteiger partial charge in [0, 0.05) is 24.9 Å². The second-order valence-corrected chi connectivity index (χ2v) is 4.24. The third kappa shape index (κ3) is 2.06. The summed E-state index contributed by atoms with van der Waals surface area (Å²) in [6.45, 7) is 3.30. The van der Waals surface area contributed by atoms with Gasteiger partial charge >= 0.3 is 0 Å². The second kappa shape index (κ2) is 4.52.